The largest absolute Gasteiger partial charge is 0.488 e. The standard InChI is InChI=1S/C22H16Cl2O4/c23-16-10-11-19(24)18(12-16)20(25)14-28-22(26)17-8-4-5-9-21(17)27-13-15-6-2-1-3-7-15/h1-12H,13-14H2. The first-order valence-corrected chi connectivity index (χ1v) is 9.21. The lowest BCUT2D eigenvalue weighted by molar-refractivity contribution is 0.0470. The third-order valence-electron chi connectivity index (χ3n) is 3.91. The number of hydrogen-bond acceptors (Lipinski definition) is 4. The maximum absolute atomic E-state index is 12.5. The van der Waals surface area contributed by atoms with Crippen LogP contribution in [0.15, 0.2) is 72.8 Å². The summed E-state index contributed by atoms with van der Waals surface area (Å²) < 4.78 is 10.9. The number of para-hydroxylation sites is 1. The van der Waals surface area contributed by atoms with Gasteiger partial charge in [0, 0.05) is 10.6 Å². The number of ether oxygens (including phenoxy) is 2. The lowest BCUT2D eigenvalue weighted by Crippen LogP contribution is -2.15. The third-order valence-corrected chi connectivity index (χ3v) is 4.47. The second-order valence-corrected chi connectivity index (χ2v) is 6.74. The van der Waals surface area contributed by atoms with Crippen molar-refractivity contribution in [3.63, 3.8) is 0 Å². The number of rotatable bonds is 7. The van der Waals surface area contributed by atoms with Crippen LogP contribution in [-0.2, 0) is 11.3 Å². The molecule has 142 valence electrons. The van der Waals surface area contributed by atoms with E-state index in [-0.39, 0.29) is 16.1 Å². The number of carbonyl (C=O) groups is 2. The highest BCUT2D eigenvalue weighted by Crippen LogP contribution is 2.23. The number of benzene rings is 3. The molecule has 0 fully saturated rings. The second kappa shape index (κ2) is 9.40. The molecule has 0 N–H and O–H groups in total. The normalized spacial score (nSPS) is 10.4. The topological polar surface area (TPSA) is 52.6 Å². The zero-order valence-electron chi connectivity index (χ0n) is 14.7. The van der Waals surface area contributed by atoms with Gasteiger partial charge in [0.25, 0.3) is 0 Å². The van der Waals surface area contributed by atoms with Crippen LogP contribution in [0.4, 0.5) is 0 Å². The van der Waals surface area contributed by atoms with E-state index in [0.717, 1.165) is 5.56 Å². The summed E-state index contributed by atoms with van der Waals surface area (Å²) in [6.45, 7) is -0.145. The third kappa shape index (κ3) is 5.12. The van der Waals surface area contributed by atoms with Gasteiger partial charge in [-0.2, -0.15) is 0 Å². The van der Waals surface area contributed by atoms with E-state index in [0.29, 0.717) is 17.4 Å². The van der Waals surface area contributed by atoms with Gasteiger partial charge in [-0.25, -0.2) is 4.79 Å². The van der Waals surface area contributed by atoms with Gasteiger partial charge in [-0.15, -0.1) is 0 Å². The summed E-state index contributed by atoms with van der Waals surface area (Å²) in [5.74, 6) is -0.719. The van der Waals surface area contributed by atoms with E-state index in [1.165, 1.54) is 12.1 Å². The molecular weight excluding hydrogens is 399 g/mol. The van der Waals surface area contributed by atoms with E-state index in [1.807, 2.05) is 30.3 Å². The van der Waals surface area contributed by atoms with Gasteiger partial charge in [0.1, 0.15) is 17.9 Å². The van der Waals surface area contributed by atoms with Crippen molar-refractivity contribution in [1.82, 2.24) is 0 Å². The van der Waals surface area contributed by atoms with E-state index in [4.69, 9.17) is 32.7 Å². The number of halogens is 2. The fourth-order valence-electron chi connectivity index (χ4n) is 2.49. The Morgan fingerprint density at radius 1 is 0.821 bits per heavy atom. The Hall–Kier alpha value is -2.82. The first-order chi connectivity index (χ1) is 13.5. The fourth-order valence-corrected chi connectivity index (χ4v) is 2.89. The van der Waals surface area contributed by atoms with Gasteiger partial charge < -0.3 is 9.47 Å². The van der Waals surface area contributed by atoms with E-state index < -0.39 is 18.4 Å². The van der Waals surface area contributed by atoms with Crippen LogP contribution in [-0.4, -0.2) is 18.4 Å². The van der Waals surface area contributed by atoms with Crippen LogP contribution in [0.25, 0.3) is 0 Å². The molecule has 6 heteroatoms. The van der Waals surface area contributed by atoms with Gasteiger partial charge >= 0.3 is 5.97 Å². The maximum atomic E-state index is 12.5. The van der Waals surface area contributed by atoms with Crippen molar-refractivity contribution < 1.29 is 19.1 Å². The minimum absolute atomic E-state index is 0.204. The molecule has 0 amide bonds. The molecule has 0 saturated carbocycles. The van der Waals surface area contributed by atoms with Crippen LogP contribution < -0.4 is 4.74 Å². The van der Waals surface area contributed by atoms with Crippen molar-refractivity contribution in [3.05, 3.63) is 99.5 Å². The molecule has 3 aromatic rings. The van der Waals surface area contributed by atoms with Gasteiger partial charge in [-0.05, 0) is 35.9 Å². The Morgan fingerprint density at radius 2 is 1.54 bits per heavy atom. The molecular formula is C22H16Cl2O4. The highest BCUT2D eigenvalue weighted by Gasteiger charge is 2.17. The lowest BCUT2D eigenvalue weighted by atomic mass is 10.1. The van der Waals surface area contributed by atoms with Crippen LogP contribution in [0.3, 0.4) is 0 Å². The molecule has 0 heterocycles. The van der Waals surface area contributed by atoms with Crippen LogP contribution >= 0.6 is 23.2 Å². The minimum atomic E-state index is -0.657. The Morgan fingerprint density at radius 3 is 2.32 bits per heavy atom. The summed E-state index contributed by atoms with van der Waals surface area (Å²) in [7, 11) is 0. The summed E-state index contributed by atoms with van der Waals surface area (Å²) >= 11 is 11.9. The van der Waals surface area contributed by atoms with Crippen molar-refractivity contribution in [2.75, 3.05) is 6.61 Å². The molecule has 0 aromatic heterocycles. The highest BCUT2D eigenvalue weighted by atomic mass is 35.5. The lowest BCUT2D eigenvalue weighted by Gasteiger charge is -2.11. The van der Waals surface area contributed by atoms with Crippen molar-refractivity contribution in [2.45, 2.75) is 6.61 Å². The molecule has 0 aliphatic carbocycles. The number of esters is 1. The molecule has 28 heavy (non-hydrogen) atoms. The molecule has 0 bridgehead atoms. The van der Waals surface area contributed by atoms with Gasteiger partial charge in [0.2, 0.25) is 5.78 Å². The molecule has 0 aliphatic heterocycles. The van der Waals surface area contributed by atoms with Crippen LogP contribution in [0.1, 0.15) is 26.3 Å². The van der Waals surface area contributed by atoms with E-state index in [9.17, 15) is 9.59 Å². The molecule has 0 spiro atoms. The van der Waals surface area contributed by atoms with Crippen molar-refractivity contribution in [2.24, 2.45) is 0 Å². The predicted molar refractivity (Wildman–Crippen MR) is 108 cm³/mol. The van der Waals surface area contributed by atoms with E-state index in [1.54, 1.807) is 30.3 Å². The Kier molecular flexibility index (Phi) is 6.69. The zero-order valence-corrected chi connectivity index (χ0v) is 16.2. The molecule has 0 saturated heterocycles. The van der Waals surface area contributed by atoms with Crippen LogP contribution in [0.2, 0.25) is 10.0 Å². The van der Waals surface area contributed by atoms with Crippen LogP contribution in [0, 0.1) is 0 Å². The van der Waals surface area contributed by atoms with Crippen molar-refractivity contribution >= 4 is 35.0 Å². The summed E-state index contributed by atoms with van der Waals surface area (Å²) in [5.41, 5.74) is 1.41. The first-order valence-electron chi connectivity index (χ1n) is 8.45. The molecule has 0 atom stereocenters. The minimum Gasteiger partial charge on any atom is -0.488 e. The molecule has 4 nitrogen and oxygen atoms in total. The zero-order chi connectivity index (χ0) is 19.9. The van der Waals surface area contributed by atoms with Crippen molar-refractivity contribution in [3.8, 4) is 5.75 Å². The quantitative estimate of drug-likeness (QED) is 0.372. The Bertz CT molecular complexity index is 987. The van der Waals surface area contributed by atoms with Gasteiger partial charge in [-0.3, -0.25) is 4.79 Å². The van der Waals surface area contributed by atoms with E-state index in [2.05, 4.69) is 0 Å². The summed E-state index contributed by atoms with van der Waals surface area (Å²) in [5, 5.41) is 0.621. The fraction of sp³-hybridized carbons (Fsp3) is 0.0909. The smallest absolute Gasteiger partial charge is 0.342 e. The van der Waals surface area contributed by atoms with Crippen molar-refractivity contribution in [1.29, 1.82) is 0 Å². The molecule has 3 rings (SSSR count). The first kappa shape index (κ1) is 19.9. The van der Waals surface area contributed by atoms with Gasteiger partial charge in [0.05, 0.1) is 5.02 Å². The van der Waals surface area contributed by atoms with Gasteiger partial charge in [-0.1, -0.05) is 65.7 Å². The second-order valence-electron chi connectivity index (χ2n) is 5.89. The summed E-state index contributed by atoms with van der Waals surface area (Å²) in [6, 6.07) is 20.8. The number of carbonyl (C=O) groups excluding carboxylic acids is 2. The predicted octanol–water partition coefficient (Wildman–Crippen LogP) is 5.61. The Balaban J connectivity index is 1.66. The monoisotopic (exact) mass is 414 g/mol. The Labute approximate surface area is 172 Å². The average molecular weight is 415 g/mol. The molecule has 0 aliphatic rings. The summed E-state index contributed by atoms with van der Waals surface area (Å²) in [4.78, 5) is 24.7. The van der Waals surface area contributed by atoms with E-state index >= 15 is 0 Å². The summed E-state index contributed by atoms with van der Waals surface area (Å²) in [6.07, 6.45) is 0. The number of ketones is 1. The number of hydrogen-bond donors (Lipinski definition) is 0. The molecule has 3 aromatic carbocycles. The maximum Gasteiger partial charge on any atom is 0.342 e. The highest BCUT2D eigenvalue weighted by molar-refractivity contribution is 6.36. The molecule has 0 unspecified atom stereocenters. The SMILES string of the molecule is O=C(COC(=O)c1ccccc1OCc1ccccc1)c1cc(Cl)ccc1Cl. The molecule has 0 radical (unpaired) electrons. The van der Waals surface area contributed by atoms with Gasteiger partial charge in [0.15, 0.2) is 6.61 Å². The van der Waals surface area contributed by atoms with Crippen LogP contribution in [0.5, 0.6) is 5.75 Å². The average Bonchev–Trinajstić information content (AvgIpc) is 2.73. The number of Topliss-reactive ketones (excluding diaryl/α,β-unsaturated/α-hetero) is 1.